The molecule has 160 valence electrons. The van der Waals surface area contributed by atoms with Gasteiger partial charge in [-0.2, -0.15) is 5.26 Å². The monoisotopic (exact) mass is 445 g/mol. The van der Waals surface area contributed by atoms with E-state index in [1.54, 1.807) is 0 Å². The van der Waals surface area contributed by atoms with Gasteiger partial charge in [-0.05, 0) is 24.6 Å². The first-order chi connectivity index (χ1) is 13.8. The zero-order valence-electron chi connectivity index (χ0n) is 16.1. The maximum atomic E-state index is 12.8. The molecule has 0 radical (unpaired) electrons. The molecule has 2 unspecified atom stereocenters. The van der Waals surface area contributed by atoms with Crippen molar-refractivity contribution in [2.75, 3.05) is 40.5 Å². The number of nitriles is 1. The van der Waals surface area contributed by atoms with Crippen molar-refractivity contribution in [1.82, 2.24) is 20.3 Å². The number of benzene rings is 1. The van der Waals surface area contributed by atoms with Crippen LogP contribution in [-0.4, -0.2) is 71.9 Å². The highest BCUT2D eigenvalue weighted by atomic mass is 35.5. The third-order valence-electron chi connectivity index (χ3n) is 4.37. The number of rotatable bonds is 9. The summed E-state index contributed by atoms with van der Waals surface area (Å²) in [7, 11) is -1.02. The van der Waals surface area contributed by atoms with Crippen LogP contribution >= 0.6 is 11.6 Å². The Hall–Kier alpha value is -2.26. The summed E-state index contributed by atoms with van der Waals surface area (Å²) in [5.74, 6) is 0.169. The van der Waals surface area contributed by atoms with Crippen LogP contribution in [0.1, 0.15) is 6.42 Å². The van der Waals surface area contributed by atoms with E-state index in [2.05, 4.69) is 15.4 Å². The van der Waals surface area contributed by atoms with Crippen LogP contribution in [0.4, 0.5) is 4.79 Å². The number of halogens is 1. The first-order valence-corrected chi connectivity index (χ1v) is 10.7. The molecule has 0 bridgehead atoms. The number of sulfonamides is 1. The summed E-state index contributed by atoms with van der Waals surface area (Å²) in [6.07, 6.45) is 2.39. The lowest BCUT2D eigenvalue weighted by Gasteiger charge is -2.18. The number of carbonyl (C=O) groups excluding carboxylic acids is 1. The molecule has 0 spiro atoms. The minimum Gasteiger partial charge on any atom is -0.495 e. The van der Waals surface area contributed by atoms with Crippen molar-refractivity contribution >= 4 is 27.7 Å². The summed E-state index contributed by atoms with van der Waals surface area (Å²) in [5, 5.41) is 14.9. The largest absolute Gasteiger partial charge is 0.495 e. The van der Waals surface area contributed by atoms with Gasteiger partial charge in [0.15, 0.2) is 6.19 Å². The minimum absolute atomic E-state index is 0.0740. The van der Waals surface area contributed by atoms with Crippen LogP contribution in [0.5, 0.6) is 5.75 Å². The van der Waals surface area contributed by atoms with Gasteiger partial charge in [-0.1, -0.05) is 11.6 Å². The fraction of sp³-hybridized carbons (Fsp3) is 0.529. The molecule has 1 fully saturated rings. The predicted octanol–water partition coefficient (Wildman–Crippen LogP) is 0.496. The van der Waals surface area contributed by atoms with Gasteiger partial charge in [0.25, 0.3) is 0 Å². The van der Waals surface area contributed by atoms with Crippen molar-refractivity contribution in [1.29, 1.82) is 5.26 Å². The van der Waals surface area contributed by atoms with Crippen LogP contribution in [0, 0.1) is 11.5 Å². The maximum Gasteiger partial charge on any atom is 0.314 e. The average molecular weight is 446 g/mol. The number of urea groups is 1. The number of hydrogen-bond donors (Lipinski definition) is 3. The van der Waals surface area contributed by atoms with Crippen molar-refractivity contribution in [2.24, 2.45) is 0 Å². The van der Waals surface area contributed by atoms with Gasteiger partial charge in [0.05, 0.1) is 19.8 Å². The summed E-state index contributed by atoms with van der Waals surface area (Å²) >= 11 is 5.93. The fourth-order valence-corrected chi connectivity index (χ4v) is 4.67. The predicted molar refractivity (Wildman–Crippen MR) is 106 cm³/mol. The van der Waals surface area contributed by atoms with Crippen molar-refractivity contribution in [3.63, 3.8) is 0 Å². The molecular formula is C17H24ClN5O5S. The number of methoxy groups -OCH3 is 2. The van der Waals surface area contributed by atoms with Gasteiger partial charge in [0.1, 0.15) is 10.6 Å². The number of amides is 2. The Bertz CT molecular complexity index is 860. The van der Waals surface area contributed by atoms with Crippen LogP contribution in [0.25, 0.3) is 0 Å². The van der Waals surface area contributed by atoms with Crippen molar-refractivity contribution in [2.45, 2.75) is 23.4 Å². The van der Waals surface area contributed by atoms with Gasteiger partial charge in [-0.25, -0.2) is 17.9 Å². The number of nitrogens with zero attached hydrogens (tertiary/aromatic N) is 2. The lowest BCUT2D eigenvalue weighted by molar-refractivity contribution is 0.195. The highest BCUT2D eigenvalue weighted by molar-refractivity contribution is 7.89. The lowest BCUT2D eigenvalue weighted by Crippen LogP contribution is -2.43. The second-order valence-electron chi connectivity index (χ2n) is 6.38. The molecule has 2 atom stereocenters. The summed E-state index contributed by atoms with van der Waals surface area (Å²) in [6, 6.07) is 3.10. The van der Waals surface area contributed by atoms with Gasteiger partial charge in [-0.3, -0.25) is 0 Å². The van der Waals surface area contributed by atoms with Crippen LogP contribution in [0.2, 0.25) is 5.02 Å². The van der Waals surface area contributed by atoms with E-state index in [1.807, 2.05) is 6.19 Å². The van der Waals surface area contributed by atoms with E-state index in [9.17, 15) is 18.5 Å². The third-order valence-corrected chi connectivity index (χ3v) is 6.15. The van der Waals surface area contributed by atoms with Crippen molar-refractivity contribution in [3.8, 4) is 11.9 Å². The molecule has 2 amide bonds. The maximum absolute atomic E-state index is 12.8. The summed E-state index contributed by atoms with van der Waals surface area (Å²) < 4.78 is 38.1. The van der Waals surface area contributed by atoms with Crippen LogP contribution in [-0.2, 0) is 14.8 Å². The fourth-order valence-electron chi connectivity index (χ4n) is 3.00. The molecule has 0 saturated carbocycles. The van der Waals surface area contributed by atoms with Gasteiger partial charge in [0, 0.05) is 37.8 Å². The highest BCUT2D eigenvalue weighted by Gasteiger charge is 2.35. The molecule has 3 N–H and O–H groups in total. The van der Waals surface area contributed by atoms with Gasteiger partial charge in [-0.15, -0.1) is 0 Å². The van der Waals surface area contributed by atoms with E-state index in [1.165, 1.54) is 37.3 Å². The first-order valence-electron chi connectivity index (χ1n) is 8.83. The molecule has 1 aromatic carbocycles. The molecule has 0 aromatic heterocycles. The first kappa shape index (κ1) is 23.0. The molecule has 1 saturated heterocycles. The molecule has 1 heterocycles. The van der Waals surface area contributed by atoms with E-state index < -0.39 is 16.1 Å². The second-order valence-corrected chi connectivity index (χ2v) is 8.50. The number of likely N-dealkylation sites (tertiary alicyclic amines) is 1. The molecule has 12 heteroatoms. The van der Waals surface area contributed by atoms with Gasteiger partial charge < -0.3 is 25.0 Å². The minimum atomic E-state index is -3.92. The molecular weight excluding hydrogens is 422 g/mol. The molecule has 29 heavy (non-hydrogen) atoms. The number of carbonyl (C=O) groups is 1. The van der Waals surface area contributed by atoms with Crippen LogP contribution in [0.3, 0.4) is 0 Å². The summed E-state index contributed by atoms with van der Waals surface area (Å²) in [4.78, 5) is 13.1. The highest BCUT2D eigenvalue weighted by Crippen LogP contribution is 2.28. The SMILES string of the molecule is COCCNC(=O)NCC1CC(NS(=O)(=O)c2cc(Cl)ccc2OC)CN1C#N. The topological polar surface area (TPSA) is 133 Å². The van der Waals surface area contributed by atoms with Crippen LogP contribution in [0.15, 0.2) is 23.1 Å². The molecule has 1 aliphatic heterocycles. The van der Waals surface area contributed by atoms with Gasteiger partial charge in [0.2, 0.25) is 10.0 Å². The zero-order valence-corrected chi connectivity index (χ0v) is 17.7. The second kappa shape index (κ2) is 10.5. The van der Waals surface area contributed by atoms with E-state index >= 15 is 0 Å². The van der Waals surface area contributed by atoms with E-state index in [0.717, 1.165) is 0 Å². The number of nitrogens with one attached hydrogen (secondary N) is 3. The van der Waals surface area contributed by atoms with E-state index in [0.29, 0.717) is 19.6 Å². The average Bonchev–Trinajstić information content (AvgIpc) is 3.07. The molecule has 0 aliphatic carbocycles. The Morgan fingerprint density at radius 3 is 2.79 bits per heavy atom. The van der Waals surface area contributed by atoms with E-state index in [-0.39, 0.29) is 40.8 Å². The Balaban J connectivity index is 1.99. The van der Waals surface area contributed by atoms with Crippen molar-refractivity contribution in [3.05, 3.63) is 23.2 Å². The molecule has 10 nitrogen and oxygen atoms in total. The Morgan fingerprint density at radius 2 is 2.14 bits per heavy atom. The number of ether oxygens (including phenoxy) is 2. The Morgan fingerprint density at radius 1 is 1.38 bits per heavy atom. The molecule has 2 rings (SSSR count). The Kier molecular flexibility index (Phi) is 8.33. The Labute approximate surface area is 175 Å². The quantitative estimate of drug-likeness (QED) is 0.372. The van der Waals surface area contributed by atoms with Gasteiger partial charge >= 0.3 is 6.03 Å². The van der Waals surface area contributed by atoms with Crippen LogP contribution < -0.4 is 20.1 Å². The lowest BCUT2D eigenvalue weighted by atomic mass is 10.2. The summed E-state index contributed by atoms with van der Waals surface area (Å²) in [6.45, 7) is 1.14. The molecule has 1 aliphatic rings. The van der Waals surface area contributed by atoms with Crippen molar-refractivity contribution < 1.29 is 22.7 Å². The standard InChI is InChI=1S/C17H24ClN5O5S/c1-27-6-5-20-17(24)21-9-14-8-13(10-23(14)11-19)22-29(25,26)16-7-12(18)3-4-15(16)28-2/h3-4,7,13-14,22H,5-6,8-10H2,1-2H3,(H2,20,21,24). The normalized spacial score (nSPS) is 18.9. The number of hydrogen-bond acceptors (Lipinski definition) is 7. The molecule has 1 aromatic rings. The zero-order chi connectivity index (χ0) is 21.4. The summed E-state index contributed by atoms with van der Waals surface area (Å²) in [5.41, 5.74) is 0. The smallest absolute Gasteiger partial charge is 0.314 e. The van der Waals surface area contributed by atoms with E-state index in [4.69, 9.17) is 21.1 Å². The third kappa shape index (κ3) is 6.37.